The van der Waals surface area contributed by atoms with Crippen LogP contribution in [0.5, 0.6) is 5.75 Å². The summed E-state index contributed by atoms with van der Waals surface area (Å²) in [5.74, 6) is 0.843. The number of aromatic nitrogens is 2. The Hall–Kier alpha value is -1.59. The van der Waals surface area contributed by atoms with Gasteiger partial charge in [0.1, 0.15) is 5.75 Å². The van der Waals surface area contributed by atoms with Crippen molar-refractivity contribution in [1.29, 1.82) is 0 Å². The van der Waals surface area contributed by atoms with Gasteiger partial charge in [-0.15, -0.1) is 0 Å². The van der Waals surface area contributed by atoms with E-state index in [1.807, 2.05) is 44.2 Å². The van der Waals surface area contributed by atoms with Gasteiger partial charge in [-0.05, 0) is 26.0 Å². The van der Waals surface area contributed by atoms with E-state index in [4.69, 9.17) is 10.5 Å². The molecule has 0 saturated carbocycles. The van der Waals surface area contributed by atoms with Gasteiger partial charge in [0.25, 0.3) is 0 Å². The average Bonchev–Trinajstić information content (AvgIpc) is 2.44. The van der Waals surface area contributed by atoms with E-state index in [0.717, 1.165) is 22.2 Å². The van der Waals surface area contributed by atoms with E-state index >= 15 is 0 Å². The molecule has 0 fully saturated rings. The summed E-state index contributed by atoms with van der Waals surface area (Å²) >= 11 is 1.57. The highest BCUT2D eigenvalue weighted by molar-refractivity contribution is 7.99. The maximum Gasteiger partial charge on any atom is 0.188 e. The molecule has 1 aromatic carbocycles. The first kappa shape index (κ1) is 14.8. The van der Waals surface area contributed by atoms with Gasteiger partial charge in [0.2, 0.25) is 0 Å². The molecule has 106 valence electrons. The van der Waals surface area contributed by atoms with Crippen LogP contribution in [-0.4, -0.2) is 23.1 Å². The zero-order chi connectivity index (χ0) is 14.5. The molecule has 0 aliphatic rings. The smallest absolute Gasteiger partial charge is 0.188 e. The molecule has 4 nitrogen and oxygen atoms in total. The molecule has 2 unspecified atom stereocenters. The Labute approximate surface area is 123 Å². The Balaban J connectivity index is 2.32. The molecular weight excluding hydrogens is 270 g/mol. The maximum atomic E-state index is 6.15. The number of rotatable bonds is 5. The first-order valence-corrected chi connectivity index (χ1v) is 7.34. The predicted molar refractivity (Wildman–Crippen MR) is 82.0 cm³/mol. The van der Waals surface area contributed by atoms with Crippen molar-refractivity contribution in [2.45, 2.75) is 30.3 Å². The first-order valence-electron chi connectivity index (χ1n) is 6.46. The van der Waals surface area contributed by atoms with Crippen LogP contribution in [0, 0.1) is 6.92 Å². The lowest BCUT2D eigenvalue weighted by molar-refractivity contribution is 0.408. The number of aryl methyl sites for hydroxylation is 1. The van der Waals surface area contributed by atoms with E-state index < -0.39 is 0 Å². The van der Waals surface area contributed by atoms with E-state index in [9.17, 15) is 0 Å². The zero-order valence-electron chi connectivity index (χ0n) is 11.9. The molecular formula is C15H19N3OS. The van der Waals surface area contributed by atoms with Crippen molar-refractivity contribution in [3.05, 3.63) is 47.8 Å². The van der Waals surface area contributed by atoms with Crippen molar-refractivity contribution < 1.29 is 4.74 Å². The van der Waals surface area contributed by atoms with Crippen LogP contribution in [0.1, 0.15) is 23.4 Å². The summed E-state index contributed by atoms with van der Waals surface area (Å²) in [4.78, 5) is 8.73. The molecule has 2 rings (SSSR count). The summed E-state index contributed by atoms with van der Waals surface area (Å²) in [6.07, 6.45) is 1.77. The van der Waals surface area contributed by atoms with Crippen molar-refractivity contribution in [2.24, 2.45) is 5.73 Å². The lowest BCUT2D eigenvalue weighted by atomic mass is 10.1. The molecule has 0 aliphatic carbocycles. The largest absolute Gasteiger partial charge is 0.496 e. The minimum atomic E-state index is -0.0413. The standard InChI is InChI=1S/C15H19N3OS/c1-10-8-9-17-15(18-10)20-14(11(2)16)12-6-4-5-7-13(12)19-3/h4-9,11,14H,16H2,1-3H3. The van der Waals surface area contributed by atoms with Gasteiger partial charge in [0, 0.05) is 23.5 Å². The summed E-state index contributed by atoms with van der Waals surface area (Å²) in [5, 5.41) is 0.783. The Morgan fingerprint density at radius 3 is 2.65 bits per heavy atom. The van der Waals surface area contributed by atoms with Gasteiger partial charge in [-0.25, -0.2) is 9.97 Å². The van der Waals surface area contributed by atoms with E-state index in [2.05, 4.69) is 9.97 Å². The molecule has 2 atom stereocenters. The van der Waals surface area contributed by atoms with Crippen LogP contribution in [0.4, 0.5) is 0 Å². The first-order chi connectivity index (χ1) is 9.61. The zero-order valence-corrected chi connectivity index (χ0v) is 12.7. The monoisotopic (exact) mass is 289 g/mol. The number of nitrogens with two attached hydrogens (primary N) is 1. The molecule has 1 aromatic heterocycles. The lowest BCUT2D eigenvalue weighted by Crippen LogP contribution is -2.23. The highest BCUT2D eigenvalue weighted by atomic mass is 32.2. The molecule has 2 N–H and O–H groups in total. The molecule has 2 aromatic rings. The number of methoxy groups -OCH3 is 1. The number of para-hydroxylation sites is 1. The normalized spacial score (nSPS) is 13.8. The Bertz CT molecular complexity index is 575. The van der Waals surface area contributed by atoms with Crippen molar-refractivity contribution in [3.8, 4) is 5.75 Å². The molecule has 1 heterocycles. The Morgan fingerprint density at radius 1 is 1.25 bits per heavy atom. The number of benzene rings is 1. The third-order valence-electron chi connectivity index (χ3n) is 2.93. The molecule has 0 spiro atoms. The fourth-order valence-corrected chi connectivity index (χ4v) is 3.03. The molecule has 0 amide bonds. The van der Waals surface area contributed by atoms with E-state index in [-0.39, 0.29) is 11.3 Å². The third-order valence-corrected chi connectivity index (χ3v) is 4.27. The van der Waals surface area contributed by atoms with Crippen molar-refractivity contribution >= 4 is 11.8 Å². The second kappa shape index (κ2) is 6.72. The number of hydrogen-bond donors (Lipinski definition) is 1. The second-order valence-electron chi connectivity index (χ2n) is 4.62. The fourth-order valence-electron chi connectivity index (χ4n) is 1.95. The van der Waals surface area contributed by atoms with Gasteiger partial charge >= 0.3 is 0 Å². The number of hydrogen-bond acceptors (Lipinski definition) is 5. The van der Waals surface area contributed by atoms with Crippen LogP contribution in [0.3, 0.4) is 0 Å². The molecule has 5 heteroatoms. The summed E-state index contributed by atoms with van der Waals surface area (Å²) < 4.78 is 5.43. The van der Waals surface area contributed by atoms with Crippen molar-refractivity contribution in [3.63, 3.8) is 0 Å². The van der Waals surface area contributed by atoms with Gasteiger partial charge < -0.3 is 10.5 Å². The lowest BCUT2D eigenvalue weighted by Gasteiger charge is -2.22. The van der Waals surface area contributed by atoms with Gasteiger partial charge in [0.05, 0.1) is 12.4 Å². The van der Waals surface area contributed by atoms with Gasteiger partial charge in [-0.2, -0.15) is 0 Å². The maximum absolute atomic E-state index is 6.15. The van der Waals surface area contributed by atoms with Crippen LogP contribution in [0.2, 0.25) is 0 Å². The fraction of sp³-hybridized carbons (Fsp3) is 0.333. The Kier molecular flexibility index (Phi) is 4.98. The average molecular weight is 289 g/mol. The second-order valence-corrected chi connectivity index (χ2v) is 5.73. The van der Waals surface area contributed by atoms with E-state index in [1.54, 1.807) is 25.1 Å². The molecule has 0 saturated heterocycles. The quantitative estimate of drug-likeness (QED) is 0.677. The summed E-state index contributed by atoms with van der Waals surface area (Å²) in [5.41, 5.74) is 8.17. The van der Waals surface area contributed by atoms with E-state index in [1.165, 1.54) is 0 Å². The topological polar surface area (TPSA) is 61.0 Å². The highest BCUT2D eigenvalue weighted by Crippen LogP contribution is 2.39. The van der Waals surface area contributed by atoms with Crippen LogP contribution in [0.25, 0.3) is 0 Å². The van der Waals surface area contributed by atoms with Gasteiger partial charge in [-0.3, -0.25) is 0 Å². The number of ether oxygens (including phenoxy) is 1. The van der Waals surface area contributed by atoms with Crippen LogP contribution in [-0.2, 0) is 0 Å². The van der Waals surface area contributed by atoms with Crippen LogP contribution >= 0.6 is 11.8 Å². The van der Waals surface area contributed by atoms with Crippen LogP contribution in [0.15, 0.2) is 41.7 Å². The summed E-state index contributed by atoms with van der Waals surface area (Å²) in [6.45, 7) is 3.94. The van der Waals surface area contributed by atoms with Gasteiger partial charge in [-0.1, -0.05) is 30.0 Å². The van der Waals surface area contributed by atoms with Gasteiger partial charge in [0.15, 0.2) is 5.16 Å². The predicted octanol–water partition coefficient (Wildman–Crippen LogP) is 2.97. The minimum absolute atomic E-state index is 0.0413. The summed E-state index contributed by atoms with van der Waals surface area (Å²) in [7, 11) is 1.67. The number of thioether (sulfide) groups is 1. The summed E-state index contributed by atoms with van der Waals surface area (Å²) in [6, 6.07) is 9.77. The molecule has 0 aliphatic heterocycles. The van der Waals surface area contributed by atoms with Crippen LogP contribution < -0.4 is 10.5 Å². The molecule has 0 bridgehead atoms. The van der Waals surface area contributed by atoms with E-state index in [0.29, 0.717) is 0 Å². The van der Waals surface area contributed by atoms with Crippen molar-refractivity contribution in [2.75, 3.05) is 7.11 Å². The highest BCUT2D eigenvalue weighted by Gasteiger charge is 2.22. The molecule has 0 radical (unpaired) electrons. The number of nitrogens with zero attached hydrogens (tertiary/aromatic N) is 2. The van der Waals surface area contributed by atoms with Crippen molar-refractivity contribution in [1.82, 2.24) is 9.97 Å². The molecule has 20 heavy (non-hydrogen) atoms. The Morgan fingerprint density at radius 2 is 2.00 bits per heavy atom. The minimum Gasteiger partial charge on any atom is -0.496 e. The SMILES string of the molecule is COc1ccccc1C(Sc1nccc(C)n1)C(C)N. The third kappa shape index (κ3) is 3.49.